The van der Waals surface area contributed by atoms with Crippen LogP contribution in [0, 0.1) is 0 Å². The van der Waals surface area contributed by atoms with Gasteiger partial charge in [-0.15, -0.1) is 0 Å². The molecule has 0 amide bonds. The second-order valence-electron chi connectivity index (χ2n) is 0.517. The van der Waals surface area contributed by atoms with E-state index in [2.05, 4.69) is 0 Å². The molecule has 0 aliphatic heterocycles. The van der Waals surface area contributed by atoms with Crippen LogP contribution < -0.4 is 0 Å². The Kier molecular flexibility index (Phi) is 3.40. The first kappa shape index (κ1) is 5.75. The van der Waals surface area contributed by atoms with Gasteiger partial charge in [0.25, 0.3) is 0 Å². The van der Waals surface area contributed by atoms with Crippen molar-refractivity contribution in [2.24, 2.45) is 0 Å². The monoisotopic (exact) mass is 129 g/mol. The zero-order chi connectivity index (χ0) is 4.28. The van der Waals surface area contributed by atoms with Crippen LogP contribution >= 0.6 is 28.7 Å². The quantitative estimate of drug-likeness (QED) is 0.442. The summed E-state index contributed by atoms with van der Waals surface area (Å²) in [7, 11) is 0. The lowest BCUT2D eigenvalue weighted by Crippen LogP contribution is -1.35. The molecule has 0 saturated heterocycles. The van der Waals surface area contributed by atoms with Gasteiger partial charge in [0.05, 0.1) is 0 Å². The molecule has 0 aliphatic carbocycles. The highest BCUT2D eigenvalue weighted by molar-refractivity contribution is 8.02. The largest absolute Gasteiger partial charge is 0.319 e. The number of hydrogen-bond donors (Lipinski definition) is 0. The van der Waals surface area contributed by atoms with Crippen molar-refractivity contribution in [3.63, 3.8) is 0 Å². The standard InChI is InChI=1S/C2H4Cl2P/c1-2-5(3)4/h2H,1H3/q+1. The van der Waals surface area contributed by atoms with Crippen molar-refractivity contribution in [2.45, 2.75) is 6.92 Å². The summed E-state index contributed by atoms with van der Waals surface area (Å²) < 4.78 is 0. The van der Waals surface area contributed by atoms with Crippen LogP contribution in [0.4, 0.5) is 0 Å². The van der Waals surface area contributed by atoms with Gasteiger partial charge in [-0.05, 0) is 6.92 Å². The first-order valence-electron chi connectivity index (χ1n) is 1.17. The molecule has 0 rings (SSSR count). The van der Waals surface area contributed by atoms with Crippen LogP contribution in [-0.4, -0.2) is 5.80 Å². The SMILES string of the molecule is CC=[P+](Cl)Cl. The fourth-order valence-electron chi connectivity index (χ4n) is 0. The van der Waals surface area contributed by atoms with Crippen molar-refractivity contribution in [1.82, 2.24) is 0 Å². The molecule has 0 heterocycles. The summed E-state index contributed by atoms with van der Waals surface area (Å²) in [6.07, 6.45) is -0.779. The van der Waals surface area contributed by atoms with Crippen LogP contribution in [0.2, 0.25) is 0 Å². The second kappa shape index (κ2) is 2.96. The van der Waals surface area contributed by atoms with Crippen LogP contribution in [0.1, 0.15) is 6.92 Å². The lowest BCUT2D eigenvalue weighted by atomic mass is 11.0. The summed E-state index contributed by atoms with van der Waals surface area (Å²) in [5.74, 6) is 1.76. The van der Waals surface area contributed by atoms with E-state index >= 15 is 0 Å². The molecule has 0 nitrogen and oxygen atoms in total. The van der Waals surface area contributed by atoms with Crippen LogP contribution in [-0.2, 0) is 0 Å². The smallest absolute Gasteiger partial charge is 0.00389 e. The molecule has 30 valence electrons. The zero-order valence-electron chi connectivity index (χ0n) is 2.78. The van der Waals surface area contributed by atoms with E-state index in [9.17, 15) is 0 Å². The molecule has 0 fully saturated rings. The summed E-state index contributed by atoms with van der Waals surface area (Å²) >= 11 is 10.5. The van der Waals surface area contributed by atoms with Crippen LogP contribution in [0.15, 0.2) is 0 Å². The highest BCUT2D eigenvalue weighted by Crippen LogP contribution is 2.32. The Hall–Kier alpha value is 0.750. The molecule has 0 aromatic heterocycles. The Morgan fingerprint density at radius 3 is 1.80 bits per heavy atom. The fourth-order valence-corrected chi connectivity index (χ4v) is 0. The van der Waals surface area contributed by atoms with Gasteiger partial charge in [-0.3, -0.25) is 0 Å². The lowest BCUT2D eigenvalue weighted by molar-refractivity contribution is 2.14. The minimum Gasteiger partial charge on any atom is -0.00389 e. The summed E-state index contributed by atoms with van der Waals surface area (Å²) in [6.45, 7) is 1.84. The van der Waals surface area contributed by atoms with Gasteiger partial charge < -0.3 is 0 Å². The van der Waals surface area contributed by atoms with Gasteiger partial charge in [0.2, 0.25) is 0 Å². The molecule has 0 bridgehead atoms. The summed E-state index contributed by atoms with van der Waals surface area (Å²) in [5, 5.41) is 0. The first-order chi connectivity index (χ1) is 2.27. The fraction of sp³-hybridized carbons (Fsp3) is 0.500. The molecule has 0 spiro atoms. The van der Waals surface area contributed by atoms with Gasteiger partial charge in [0, 0.05) is 0 Å². The third kappa shape index (κ3) is 4.75. The van der Waals surface area contributed by atoms with Gasteiger partial charge in [0.15, 0.2) is 22.5 Å². The molecular weight excluding hydrogens is 126 g/mol. The highest BCUT2D eigenvalue weighted by Gasteiger charge is 1.89. The topological polar surface area (TPSA) is 0 Å². The Morgan fingerprint density at radius 1 is 1.60 bits per heavy atom. The minimum absolute atomic E-state index is 0.779. The normalized spacial score (nSPS) is 7.00. The molecule has 0 unspecified atom stereocenters. The van der Waals surface area contributed by atoms with E-state index in [1.807, 2.05) is 6.92 Å². The first-order valence-corrected chi connectivity index (χ1v) is 4.39. The molecule has 3 heteroatoms. The molecule has 0 aromatic carbocycles. The molecule has 0 aromatic rings. The van der Waals surface area contributed by atoms with Gasteiger partial charge in [-0.1, -0.05) is 0 Å². The van der Waals surface area contributed by atoms with Gasteiger partial charge in [-0.2, -0.15) is 0 Å². The average molecular weight is 130 g/mol. The van der Waals surface area contributed by atoms with Crippen molar-refractivity contribution in [2.75, 3.05) is 0 Å². The van der Waals surface area contributed by atoms with E-state index < -0.39 is 6.25 Å². The number of rotatable bonds is 0. The second-order valence-corrected chi connectivity index (χ2v) is 4.26. The van der Waals surface area contributed by atoms with Gasteiger partial charge >= 0.3 is 6.25 Å². The van der Waals surface area contributed by atoms with E-state index in [0.717, 1.165) is 0 Å². The Balaban J connectivity index is 3.14. The zero-order valence-corrected chi connectivity index (χ0v) is 5.19. The molecule has 0 aliphatic rings. The third-order valence-electron chi connectivity index (χ3n) is 0.195. The van der Waals surface area contributed by atoms with Crippen LogP contribution in [0.5, 0.6) is 0 Å². The number of hydrogen-bond acceptors (Lipinski definition) is 0. The van der Waals surface area contributed by atoms with Crippen LogP contribution in [0.3, 0.4) is 0 Å². The molecule has 0 saturated carbocycles. The molecule has 0 radical (unpaired) electrons. The number of halogens is 2. The summed E-state index contributed by atoms with van der Waals surface area (Å²) in [5.41, 5.74) is 0. The van der Waals surface area contributed by atoms with E-state index in [1.165, 1.54) is 0 Å². The summed E-state index contributed by atoms with van der Waals surface area (Å²) in [6, 6.07) is 0. The van der Waals surface area contributed by atoms with Crippen molar-refractivity contribution >= 4 is 34.5 Å². The Morgan fingerprint density at radius 2 is 1.80 bits per heavy atom. The van der Waals surface area contributed by atoms with Gasteiger partial charge in [0.1, 0.15) is 5.80 Å². The Labute approximate surface area is 42.1 Å². The average Bonchev–Trinajstić information content (AvgIpc) is 1.38. The maximum absolute atomic E-state index is 5.24. The third-order valence-corrected chi connectivity index (χ3v) is 1.76. The minimum atomic E-state index is -0.779. The van der Waals surface area contributed by atoms with Crippen molar-refractivity contribution in [1.29, 1.82) is 0 Å². The van der Waals surface area contributed by atoms with Gasteiger partial charge in [-0.25, -0.2) is 0 Å². The maximum Gasteiger partial charge on any atom is 0.319 e. The summed E-state index contributed by atoms with van der Waals surface area (Å²) in [4.78, 5) is 0. The molecular formula is C2H4Cl2P+. The predicted molar refractivity (Wildman–Crippen MR) is 30.4 cm³/mol. The maximum atomic E-state index is 5.24. The van der Waals surface area contributed by atoms with Crippen molar-refractivity contribution in [3.8, 4) is 0 Å². The molecule has 0 atom stereocenters. The molecule has 0 N–H and O–H groups in total. The lowest BCUT2D eigenvalue weighted by Gasteiger charge is -1.46. The Bertz CT molecular complexity index is 45.6. The molecule has 5 heavy (non-hydrogen) atoms. The van der Waals surface area contributed by atoms with E-state index in [1.54, 1.807) is 5.80 Å². The van der Waals surface area contributed by atoms with E-state index in [-0.39, 0.29) is 0 Å². The van der Waals surface area contributed by atoms with Crippen LogP contribution in [0.25, 0.3) is 0 Å². The highest BCUT2D eigenvalue weighted by atomic mass is 35.9. The van der Waals surface area contributed by atoms with Crippen molar-refractivity contribution < 1.29 is 0 Å². The van der Waals surface area contributed by atoms with E-state index in [0.29, 0.717) is 0 Å². The van der Waals surface area contributed by atoms with E-state index in [4.69, 9.17) is 22.5 Å². The predicted octanol–water partition coefficient (Wildman–Crippen LogP) is 2.60. The van der Waals surface area contributed by atoms with Crippen molar-refractivity contribution in [3.05, 3.63) is 0 Å².